The molecular weight excluding hydrogens is 255 g/mol. The van der Waals surface area contributed by atoms with Crippen LogP contribution in [0.25, 0.3) is 0 Å². The van der Waals surface area contributed by atoms with Crippen LogP contribution in [-0.2, 0) is 0 Å². The van der Waals surface area contributed by atoms with Gasteiger partial charge in [-0.25, -0.2) is 13.2 Å². The van der Waals surface area contributed by atoms with Gasteiger partial charge in [0.05, 0.1) is 0 Å². The molecule has 1 amide bonds. The van der Waals surface area contributed by atoms with Gasteiger partial charge in [0.15, 0.2) is 17.5 Å². The third-order valence-electron chi connectivity index (χ3n) is 3.63. The number of likely N-dealkylation sites (tertiary alicyclic amines) is 1. The highest BCUT2D eigenvalue weighted by Gasteiger charge is 2.28. The zero-order valence-corrected chi connectivity index (χ0v) is 10.9. The molecule has 1 aromatic carbocycles. The number of hydrogen-bond acceptors (Lipinski definition) is 1. The van der Waals surface area contributed by atoms with E-state index in [0.717, 1.165) is 25.0 Å². The molecule has 1 aliphatic rings. The molecule has 0 spiro atoms. The molecule has 19 heavy (non-hydrogen) atoms. The molecule has 2 unspecified atom stereocenters. The largest absolute Gasteiger partial charge is 0.336 e. The number of carbonyl (C=O) groups is 1. The number of carbonyl (C=O) groups excluding carboxylic acids is 1. The Kier molecular flexibility index (Phi) is 3.83. The summed E-state index contributed by atoms with van der Waals surface area (Å²) in [5.41, 5.74) is -0.141. The van der Waals surface area contributed by atoms with Crippen molar-refractivity contribution in [1.29, 1.82) is 0 Å². The summed E-state index contributed by atoms with van der Waals surface area (Å²) in [5.74, 6) is -4.13. The van der Waals surface area contributed by atoms with Crippen molar-refractivity contribution in [3.8, 4) is 0 Å². The fraction of sp³-hybridized carbons (Fsp3) is 0.500. The van der Waals surface area contributed by atoms with E-state index in [1.54, 1.807) is 4.90 Å². The predicted molar refractivity (Wildman–Crippen MR) is 65.2 cm³/mol. The third-order valence-corrected chi connectivity index (χ3v) is 3.63. The lowest BCUT2D eigenvalue weighted by molar-refractivity contribution is 0.0587. The summed E-state index contributed by atoms with van der Waals surface area (Å²) in [6.45, 7) is 4.57. The van der Waals surface area contributed by atoms with Crippen molar-refractivity contribution < 1.29 is 18.0 Å². The van der Waals surface area contributed by atoms with Gasteiger partial charge in [-0.05, 0) is 37.8 Å². The third kappa shape index (κ3) is 2.74. The van der Waals surface area contributed by atoms with E-state index in [9.17, 15) is 18.0 Å². The lowest BCUT2D eigenvalue weighted by Gasteiger charge is -2.36. The summed E-state index contributed by atoms with van der Waals surface area (Å²) in [6, 6.07) is 1.53. The molecule has 2 rings (SSSR count). The number of nitrogens with zero attached hydrogens (tertiary/aromatic N) is 1. The molecular formula is C14H16F3NO. The van der Waals surface area contributed by atoms with Crippen LogP contribution < -0.4 is 0 Å². The van der Waals surface area contributed by atoms with Crippen LogP contribution in [0.1, 0.15) is 37.0 Å². The Morgan fingerprint density at radius 1 is 1.21 bits per heavy atom. The first-order chi connectivity index (χ1) is 8.90. The standard InChI is InChI=1S/C14H16F3NO/c1-8-3-4-18(9(2)5-8)14(19)10-6-11(15)13(17)12(16)7-10/h6-9H,3-5H2,1-2H3. The van der Waals surface area contributed by atoms with E-state index in [1.807, 2.05) is 6.92 Å². The molecule has 5 heteroatoms. The first-order valence-corrected chi connectivity index (χ1v) is 6.35. The maximum absolute atomic E-state index is 13.1. The van der Waals surface area contributed by atoms with E-state index in [1.165, 1.54) is 0 Å². The fourth-order valence-electron chi connectivity index (χ4n) is 2.55. The monoisotopic (exact) mass is 271 g/mol. The van der Waals surface area contributed by atoms with E-state index in [-0.39, 0.29) is 11.6 Å². The first kappa shape index (κ1) is 13.9. The second-order valence-corrected chi connectivity index (χ2v) is 5.23. The minimum absolute atomic E-state index is 0.0208. The summed E-state index contributed by atoms with van der Waals surface area (Å²) >= 11 is 0. The van der Waals surface area contributed by atoms with E-state index < -0.39 is 23.4 Å². The number of halogens is 3. The second kappa shape index (κ2) is 5.23. The Morgan fingerprint density at radius 2 is 1.79 bits per heavy atom. The van der Waals surface area contributed by atoms with Crippen molar-refractivity contribution in [2.45, 2.75) is 32.7 Å². The molecule has 0 aliphatic carbocycles. The lowest BCUT2D eigenvalue weighted by Crippen LogP contribution is -2.44. The van der Waals surface area contributed by atoms with Crippen molar-refractivity contribution in [1.82, 2.24) is 4.90 Å². The molecule has 1 heterocycles. The van der Waals surface area contributed by atoms with Crippen molar-refractivity contribution in [3.63, 3.8) is 0 Å². The minimum Gasteiger partial charge on any atom is -0.336 e. The van der Waals surface area contributed by atoms with Gasteiger partial charge in [-0.1, -0.05) is 6.92 Å². The maximum atomic E-state index is 13.1. The Morgan fingerprint density at radius 3 is 2.32 bits per heavy atom. The fourth-order valence-corrected chi connectivity index (χ4v) is 2.55. The highest BCUT2D eigenvalue weighted by molar-refractivity contribution is 5.94. The summed E-state index contributed by atoms with van der Waals surface area (Å²) in [4.78, 5) is 13.8. The lowest BCUT2D eigenvalue weighted by atomic mass is 9.93. The quantitative estimate of drug-likeness (QED) is 0.717. The first-order valence-electron chi connectivity index (χ1n) is 6.35. The molecule has 2 atom stereocenters. The summed E-state index contributed by atoms with van der Waals surface area (Å²) in [6.07, 6.45) is 1.72. The van der Waals surface area contributed by atoms with Gasteiger partial charge in [0.1, 0.15) is 0 Å². The van der Waals surface area contributed by atoms with E-state index in [4.69, 9.17) is 0 Å². The van der Waals surface area contributed by atoms with Gasteiger partial charge in [0.2, 0.25) is 0 Å². The number of piperidine rings is 1. The average Bonchev–Trinajstić information content (AvgIpc) is 2.34. The van der Waals surface area contributed by atoms with Crippen LogP contribution in [0.3, 0.4) is 0 Å². The van der Waals surface area contributed by atoms with Gasteiger partial charge >= 0.3 is 0 Å². The number of rotatable bonds is 1. The van der Waals surface area contributed by atoms with E-state index in [2.05, 4.69) is 6.92 Å². The maximum Gasteiger partial charge on any atom is 0.254 e. The smallest absolute Gasteiger partial charge is 0.254 e. The SMILES string of the molecule is CC1CCN(C(=O)c2cc(F)c(F)c(F)c2)C(C)C1. The van der Waals surface area contributed by atoms with Crippen molar-refractivity contribution in [3.05, 3.63) is 35.1 Å². The zero-order valence-electron chi connectivity index (χ0n) is 10.9. The van der Waals surface area contributed by atoms with Gasteiger partial charge in [-0.2, -0.15) is 0 Å². The minimum atomic E-state index is -1.54. The summed E-state index contributed by atoms with van der Waals surface area (Å²) in [5, 5.41) is 0. The molecule has 1 aromatic rings. The van der Waals surface area contributed by atoms with Gasteiger partial charge in [0.25, 0.3) is 5.91 Å². The molecule has 0 N–H and O–H groups in total. The molecule has 0 bridgehead atoms. The predicted octanol–water partition coefficient (Wildman–Crippen LogP) is 3.36. The second-order valence-electron chi connectivity index (χ2n) is 5.23. The summed E-state index contributed by atoms with van der Waals surface area (Å²) < 4.78 is 39.2. The van der Waals surface area contributed by atoms with Gasteiger partial charge < -0.3 is 4.90 Å². The molecule has 1 fully saturated rings. The van der Waals surface area contributed by atoms with Gasteiger partial charge in [0, 0.05) is 18.2 Å². The normalized spacial score (nSPS) is 23.5. The average molecular weight is 271 g/mol. The Balaban J connectivity index is 2.25. The van der Waals surface area contributed by atoms with Crippen molar-refractivity contribution >= 4 is 5.91 Å². The highest BCUT2D eigenvalue weighted by Crippen LogP contribution is 2.24. The summed E-state index contributed by atoms with van der Waals surface area (Å²) in [7, 11) is 0. The molecule has 0 aromatic heterocycles. The zero-order chi connectivity index (χ0) is 14.2. The number of hydrogen-bond donors (Lipinski definition) is 0. The van der Waals surface area contributed by atoms with Crippen LogP contribution in [0, 0.1) is 23.4 Å². The molecule has 0 saturated carbocycles. The Hall–Kier alpha value is -1.52. The van der Waals surface area contributed by atoms with Crippen LogP contribution in [0.5, 0.6) is 0 Å². The molecule has 104 valence electrons. The van der Waals surface area contributed by atoms with Crippen molar-refractivity contribution in [2.24, 2.45) is 5.92 Å². The Labute approximate surface area is 110 Å². The molecule has 1 aliphatic heterocycles. The highest BCUT2D eigenvalue weighted by atomic mass is 19.2. The van der Waals surface area contributed by atoms with Crippen LogP contribution in [0.2, 0.25) is 0 Å². The van der Waals surface area contributed by atoms with Crippen LogP contribution in [0.4, 0.5) is 13.2 Å². The van der Waals surface area contributed by atoms with Crippen LogP contribution in [0.15, 0.2) is 12.1 Å². The van der Waals surface area contributed by atoms with Gasteiger partial charge in [-0.15, -0.1) is 0 Å². The van der Waals surface area contributed by atoms with E-state index >= 15 is 0 Å². The number of amides is 1. The van der Waals surface area contributed by atoms with Gasteiger partial charge in [-0.3, -0.25) is 4.79 Å². The van der Waals surface area contributed by atoms with Crippen LogP contribution in [-0.4, -0.2) is 23.4 Å². The topological polar surface area (TPSA) is 20.3 Å². The van der Waals surface area contributed by atoms with Crippen molar-refractivity contribution in [2.75, 3.05) is 6.54 Å². The molecule has 2 nitrogen and oxygen atoms in total. The van der Waals surface area contributed by atoms with E-state index in [0.29, 0.717) is 12.5 Å². The number of benzene rings is 1. The van der Waals surface area contributed by atoms with Crippen LogP contribution >= 0.6 is 0 Å². The molecule has 1 saturated heterocycles. The molecule has 0 radical (unpaired) electrons. The Bertz CT molecular complexity index is 480.